The number of rotatable bonds is 3. The molecule has 0 radical (unpaired) electrons. The predicted octanol–water partition coefficient (Wildman–Crippen LogP) is 1.81. The minimum absolute atomic E-state index is 0.0680. The Morgan fingerprint density at radius 2 is 2.18 bits per heavy atom. The molecule has 17 heavy (non-hydrogen) atoms. The van der Waals surface area contributed by atoms with Gasteiger partial charge in [-0.2, -0.15) is 0 Å². The molecule has 0 amide bonds. The van der Waals surface area contributed by atoms with E-state index in [4.69, 9.17) is 9.47 Å². The second-order valence-electron chi connectivity index (χ2n) is 4.11. The molecule has 0 fully saturated rings. The van der Waals surface area contributed by atoms with Crippen LogP contribution in [-0.2, 0) is 16.3 Å². The van der Waals surface area contributed by atoms with E-state index in [1.807, 2.05) is 6.92 Å². The topological polar surface area (TPSA) is 52.6 Å². The first-order valence-corrected chi connectivity index (χ1v) is 7.24. The molecule has 2 rings (SSSR count). The van der Waals surface area contributed by atoms with E-state index in [-0.39, 0.29) is 16.8 Å². The standard InChI is InChI=1S/C12H16O4S/c1-4-17(13,14)11-6-5-10-9(12(11)15-3)7-8(2)16-10/h5-6,8H,4,7H2,1-3H3. The Labute approximate surface area is 101 Å². The molecule has 0 saturated carbocycles. The van der Waals surface area contributed by atoms with Crippen molar-refractivity contribution in [1.29, 1.82) is 0 Å². The van der Waals surface area contributed by atoms with E-state index in [1.54, 1.807) is 19.1 Å². The van der Waals surface area contributed by atoms with Gasteiger partial charge in [-0.25, -0.2) is 8.42 Å². The van der Waals surface area contributed by atoms with Gasteiger partial charge in [-0.1, -0.05) is 6.92 Å². The second-order valence-corrected chi connectivity index (χ2v) is 6.36. The minimum atomic E-state index is -3.26. The summed E-state index contributed by atoms with van der Waals surface area (Å²) < 4.78 is 34.7. The maximum absolute atomic E-state index is 11.9. The summed E-state index contributed by atoms with van der Waals surface area (Å²) in [5, 5.41) is 0. The highest BCUT2D eigenvalue weighted by molar-refractivity contribution is 7.91. The lowest BCUT2D eigenvalue weighted by Gasteiger charge is -2.11. The molecule has 5 heteroatoms. The molecule has 1 heterocycles. The van der Waals surface area contributed by atoms with E-state index in [2.05, 4.69) is 0 Å². The molecule has 0 saturated heterocycles. The van der Waals surface area contributed by atoms with Crippen LogP contribution in [0.15, 0.2) is 17.0 Å². The molecule has 1 aromatic carbocycles. The van der Waals surface area contributed by atoms with E-state index in [1.165, 1.54) is 7.11 Å². The van der Waals surface area contributed by atoms with Crippen LogP contribution in [0, 0.1) is 0 Å². The van der Waals surface area contributed by atoms with Crippen molar-refractivity contribution in [3.05, 3.63) is 17.7 Å². The lowest BCUT2D eigenvalue weighted by molar-refractivity contribution is 0.254. The summed E-state index contributed by atoms with van der Waals surface area (Å²) in [7, 11) is -1.77. The van der Waals surface area contributed by atoms with Gasteiger partial charge in [0.2, 0.25) is 0 Å². The van der Waals surface area contributed by atoms with Crippen LogP contribution < -0.4 is 9.47 Å². The Balaban J connectivity index is 2.62. The van der Waals surface area contributed by atoms with Crippen molar-refractivity contribution in [2.45, 2.75) is 31.3 Å². The summed E-state index contributed by atoms with van der Waals surface area (Å²) >= 11 is 0. The van der Waals surface area contributed by atoms with Crippen LogP contribution in [0.25, 0.3) is 0 Å². The van der Waals surface area contributed by atoms with Gasteiger partial charge in [0, 0.05) is 12.0 Å². The van der Waals surface area contributed by atoms with Crippen molar-refractivity contribution in [3.8, 4) is 11.5 Å². The average molecular weight is 256 g/mol. The predicted molar refractivity (Wildman–Crippen MR) is 64.5 cm³/mol. The lowest BCUT2D eigenvalue weighted by atomic mass is 10.1. The van der Waals surface area contributed by atoms with Crippen LogP contribution in [0.5, 0.6) is 11.5 Å². The van der Waals surface area contributed by atoms with Gasteiger partial charge in [-0.3, -0.25) is 0 Å². The maximum atomic E-state index is 11.9. The van der Waals surface area contributed by atoms with Crippen LogP contribution in [0.2, 0.25) is 0 Å². The summed E-state index contributed by atoms with van der Waals surface area (Å²) in [5.41, 5.74) is 0.856. The first kappa shape index (κ1) is 12.2. The number of fused-ring (bicyclic) bond motifs is 1. The van der Waals surface area contributed by atoms with Gasteiger partial charge in [-0.15, -0.1) is 0 Å². The fourth-order valence-corrected chi connectivity index (χ4v) is 3.14. The number of benzene rings is 1. The Morgan fingerprint density at radius 1 is 1.47 bits per heavy atom. The van der Waals surface area contributed by atoms with Gasteiger partial charge < -0.3 is 9.47 Å². The number of hydrogen-bond donors (Lipinski definition) is 0. The molecule has 0 N–H and O–H groups in total. The largest absolute Gasteiger partial charge is 0.495 e. The van der Waals surface area contributed by atoms with E-state index in [0.717, 1.165) is 11.3 Å². The fourth-order valence-electron chi connectivity index (χ4n) is 2.06. The molecule has 0 aliphatic carbocycles. The molecule has 94 valence electrons. The highest BCUT2D eigenvalue weighted by Crippen LogP contribution is 2.40. The summed E-state index contributed by atoms with van der Waals surface area (Å²) in [6.07, 6.45) is 0.754. The van der Waals surface area contributed by atoms with Crippen LogP contribution >= 0.6 is 0 Å². The van der Waals surface area contributed by atoms with Crippen molar-refractivity contribution in [2.75, 3.05) is 12.9 Å². The number of ether oxygens (including phenoxy) is 2. The number of hydrogen-bond acceptors (Lipinski definition) is 4. The van der Waals surface area contributed by atoms with Crippen molar-refractivity contribution >= 4 is 9.84 Å². The van der Waals surface area contributed by atoms with Gasteiger partial charge in [0.25, 0.3) is 0 Å². The third kappa shape index (κ3) is 1.99. The molecule has 0 spiro atoms. The SMILES string of the molecule is CCS(=O)(=O)c1ccc2c(c1OC)CC(C)O2. The van der Waals surface area contributed by atoms with Crippen LogP contribution in [-0.4, -0.2) is 27.4 Å². The van der Waals surface area contributed by atoms with Crippen molar-refractivity contribution < 1.29 is 17.9 Å². The monoisotopic (exact) mass is 256 g/mol. The molecule has 1 aromatic rings. The van der Waals surface area contributed by atoms with Crippen LogP contribution in [0.1, 0.15) is 19.4 Å². The molecular weight excluding hydrogens is 240 g/mol. The van der Waals surface area contributed by atoms with E-state index < -0.39 is 9.84 Å². The minimum Gasteiger partial charge on any atom is -0.495 e. The third-order valence-electron chi connectivity index (χ3n) is 2.92. The molecule has 4 nitrogen and oxygen atoms in total. The zero-order valence-corrected chi connectivity index (χ0v) is 11.0. The lowest BCUT2D eigenvalue weighted by Crippen LogP contribution is -2.07. The van der Waals surface area contributed by atoms with Crippen molar-refractivity contribution in [3.63, 3.8) is 0 Å². The van der Waals surface area contributed by atoms with Gasteiger partial charge in [-0.05, 0) is 19.1 Å². The molecular formula is C12H16O4S. The zero-order valence-electron chi connectivity index (χ0n) is 10.2. The van der Waals surface area contributed by atoms with Crippen LogP contribution in [0.3, 0.4) is 0 Å². The van der Waals surface area contributed by atoms with Crippen molar-refractivity contribution in [1.82, 2.24) is 0 Å². The summed E-state index contributed by atoms with van der Waals surface area (Å²) in [5.74, 6) is 1.23. The normalized spacial score (nSPS) is 18.6. The highest BCUT2D eigenvalue weighted by Gasteiger charge is 2.28. The van der Waals surface area contributed by atoms with Crippen molar-refractivity contribution in [2.24, 2.45) is 0 Å². The second kappa shape index (κ2) is 4.22. The smallest absolute Gasteiger partial charge is 0.181 e. The Hall–Kier alpha value is -1.23. The summed E-state index contributed by atoms with van der Waals surface area (Å²) in [6, 6.07) is 3.28. The zero-order chi connectivity index (χ0) is 12.6. The first-order valence-electron chi connectivity index (χ1n) is 5.59. The quantitative estimate of drug-likeness (QED) is 0.827. The number of methoxy groups -OCH3 is 1. The Bertz CT molecular complexity index is 534. The molecule has 0 bridgehead atoms. The van der Waals surface area contributed by atoms with Gasteiger partial charge in [0.1, 0.15) is 22.5 Å². The van der Waals surface area contributed by atoms with E-state index >= 15 is 0 Å². The molecule has 1 unspecified atom stereocenters. The third-order valence-corrected chi connectivity index (χ3v) is 4.67. The van der Waals surface area contributed by atoms with Crippen LogP contribution in [0.4, 0.5) is 0 Å². The highest BCUT2D eigenvalue weighted by atomic mass is 32.2. The Morgan fingerprint density at radius 3 is 2.76 bits per heavy atom. The molecule has 1 aliphatic heterocycles. The molecule has 1 atom stereocenters. The number of sulfone groups is 1. The Kier molecular flexibility index (Phi) is 3.03. The first-order chi connectivity index (χ1) is 7.99. The van der Waals surface area contributed by atoms with Gasteiger partial charge in [0.05, 0.1) is 12.9 Å². The summed E-state index contributed by atoms with van der Waals surface area (Å²) in [4.78, 5) is 0.263. The fraction of sp³-hybridized carbons (Fsp3) is 0.500. The average Bonchev–Trinajstić information content (AvgIpc) is 2.67. The summed E-state index contributed by atoms with van der Waals surface area (Å²) in [6.45, 7) is 3.58. The maximum Gasteiger partial charge on any atom is 0.181 e. The molecule has 1 aliphatic rings. The van der Waals surface area contributed by atoms with E-state index in [9.17, 15) is 8.42 Å². The van der Waals surface area contributed by atoms with Gasteiger partial charge >= 0.3 is 0 Å². The molecule has 0 aromatic heterocycles. The van der Waals surface area contributed by atoms with Gasteiger partial charge in [0.15, 0.2) is 9.84 Å². The van der Waals surface area contributed by atoms with E-state index in [0.29, 0.717) is 12.2 Å².